The molecule has 0 aliphatic heterocycles. The van der Waals surface area contributed by atoms with Gasteiger partial charge in [-0.25, -0.2) is 4.98 Å². The van der Waals surface area contributed by atoms with E-state index in [4.69, 9.17) is 15.0 Å². The number of hydrogen-bond donors (Lipinski definition) is 0. The van der Waals surface area contributed by atoms with Crippen molar-refractivity contribution in [2.75, 3.05) is 0 Å². The van der Waals surface area contributed by atoms with Gasteiger partial charge >= 0.3 is 0 Å². The summed E-state index contributed by atoms with van der Waals surface area (Å²) in [4.78, 5) is 20.6. The highest BCUT2D eigenvalue weighted by atomic mass is 32.1. The summed E-state index contributed by atoms with van der Waals surface area (Å²) in [6, 6.07) is 65.1. The summed E-state index contributed by atoms with van der Waals surface area (Å²) in [7, 11) is 0. The van der Waals surface area contributed by atoms with E-state index in [0.717, 1.165) is 65.7 Å². The van der Waals surface area contributed by atoms with Crippen LogP contribution in [0, 0.1) is 0 Å². The van der Waals surface area contributed by atoms with Crippen molar-refractivity contribution in [3.05, 3.63) is 188 Å². The van der Waals surface area contributed by atoms with Gasteiger partial charge in [-0.2, -0.15) is 9.97 Å². The minimum atomic E-state index is 0.562. The zero-order valence-electron chi connectivity index (χ0n) is 34.7. The molecule has 298 valence electrons. The maximum Gasteiger partial charge on any atom is 0.238 e. The molecule has 4 aromatic heterocycles. The SMILES string of the molecule is CCC.c1ccc2cc(-c3nc(-c4ccc5ncccc5c4)nc(-n4c5cc6ccccc6cc5c5cccc(-c6ccc7c(c6)sc6ccc8ccccc8c67)c54)n3)ccc2c1. The van der Waals surface area contributed by atoms with E-state index in [0.29, 0.717) is 17.6 Å². The molecule has 0 unspecified atom stereocenters. The maximum atomic E-state index is 5.39. The number of thiophene rings is 1. The number of fused-ring (bicyclic) bond motifs is 11. The zero-order valence-corrected chi connectivity index (χ0v) is 35.6. The molecule has 13 rings (SSSR count). The first-order valence-corrected chi connectivity index (χ1v) is 22.3. The van der Waals surface area contributed by atoms with E-state index in [1.165, 1.54) is 48.1 Å². The Morgan fingerprint density at radius 2 is 1.08 bits per heavy atom. The van der Waals surface area contributed by atoms with E-state index in [1.807, 2.05) is 29.7 Å². The highest BCUT2D eigenvalue weighted by Crippen LogP contribution is 2.43. The molecule has 0 amide bonds. The van der Waals surface area contributed by atoms with Crippen molar-refractivity contribution in [1.82, 2.24) is 24.5 Å². The van der Waals surface area contributed by atoms with Crippen LogP contribution in [-0.2, 0) is 0 Å². The quantitative estimate of drug-likeness (QED) is 0.177. The van der Waals surface area contributed by atoms with Crippen LogP contribution < -0.4 is 0 Å². The largest absolute Gasteiger partial charge is 0.277 e. The number of hydrogen-bond acceptors (Lipinski definition) is 5. The van der Waals surface area contributed by atoms with E-state index in [2.05, 4.69) is 193 Å². The molecule has 0 N–H and O–H groups in total. The van der Waals surface area contributed by atoms with Crippen LogP contribution in [0.25, 0.3) is 125 Å². The van der Waals surface area contributed by atoms with Gasteiger partial charge < -0.3 is 0 Å². The van der Waals surface area contributed by atoms with Crippen molar-refractivity contribution in [2.24, 2.45) is 0 Å². The Morgan fingerprint density at radius 1 is 0.444 bits per heavy atom. The number of benzene rings is 9. The fraction of sp³-hybridized carbons (Fsp3) is 0.0526. The van der Waals surface area contributed by atoms with Gasteiger partial charge in [0.15, 0.2) is 11.6 Å². The Morgan fingerprint density at radius 3 is 1.89 bits per heavy atom. The molecule has 0 saturated carbocycles. The minimum absolute atomic E-state index is 0.562. The van der Waals surface area contributed by atoms with Gasteiger partial charge in [0.25, 0.3) is 0 Å². The molecule has 6 heteroatoms. The van der Waals surface area contributed by atoms with Gasteiger partial charge in [-0.3, -0.25) is 9.55 Å². The van der Waals surface area contributed by atoms with Crippen molar-refractivity contribution in [1.29, 1.82) is 0 Å². The molecule has 4 heterocycles. The van der Waals surface area contributed by atoms with Gasteiger partial charge in [0.2, 0.25) is 5.95 Å². The van der Waals surface area contributed by atoms with E-state index in [1.54, 1.807) is 0 Å². The van der Waals surface area contributed by atoms with Crippen LogP contribution in [0.4, 0.5) is 0 Å². The lowest BCUT2D eigenvalue weighted by Gasteiger charge is -2.14. The average Bonchev–Trinajstić information content (AvgIpc) is 3.88. The first kappa shape index (κ1) is 37.0. The van der Waals surface area contributed by atoms with Gasteiger partial charge in [-0.05, 0) is 92.5 Å². The summed E-state index contributed by atoms with van der Waals surface area (Å²) in [5, 5.41) is 13.1. The molecular formula is C57H39N5S. The molecule has 0 radical (unpaired) electrons. The number of aromatic nitrogens is 5. The average molecular weight is 826 g/mol. The van der Waals surface area contributed by atoms with Crippen LogP contribution in [0.2, 0.25) is 0 Å². The molecule has 5 nitrogen and oxygen atoms in total. The molecule has 0 atom stereocenters. The Bertz CT molecular complexity index is 3840. The van der Waals surface area contributed by atoms with Gasteiger partial charge in [0, 0.05) is 59.2 Å². The van der Waals surface area contributed by atoms with Crippen LogP contribution >= 0.6 is 11.3 Å². The smallest absolute Gasteiger partial charge is 0.238 e. The Kier molecular flexibility index (Phi) is 8.80. The number of para-hydroxylation sites is 1. The van der Waals surface area contributed by atoms with Gasteiger partial charge in [0.1, 0.15) is 0 Å². The maximum absolute atomic E-state index is 5.39. The number of nitrogens with zero attached hydrogens (tertiary/aromatic N) is 5. The van der Waals surface area contributed by atoms with Crippen LogP contribution in [0.3, 0.4) is 0 Å². The highest BCUT2D eigenvalue weighted by molar-refractivity contribution is 7.26. The Hall–Kier alpha value is -7.80. The van der Waals surface area contributed by atoms with Crippen LogP contribution in [0.5, 0.6) is 0 Å². The lowest BCUT2D eigenvalue weighted by molar-refractivity contribution is 0.954. The molecular weight excluding hydrogens is 787 g/mol. The molecule has 0 bridgehead atoms. The second kappa shape index (κ2) is 15.0. The summed E-state index contributed by atoms with van der Waals surface area (Å²) >= 11 is 1.85. The molecule has 0 aliphatic carbocycles. The summed E-state index contributed by atoms with van der Waals surface area (Å²) in [6.45, 7) is 4.25. The first-order chi connectivity index (χ1) is 31.1. The molecule has 0 fully saturated rings. The summed E-state index contributed by atoms with van der Waals surface area (Å²) in [6.07, 6.45) is 3.07. The minimum Gasteiger partial charge on any atom is -0.277 e. The summed E-state index contributed by atoms with van der Waals surface area (Å²) in [5.41, 5.74) is 7.10. The predicted molar refractivity (Wildman–Crippen MR) is 267 cm³/mol. The standard InChI is InChI=1S/C54H31N5S.C3H8/c1-2-11-34-27-39(19-18-32(34)9-1)52-56-53(40-21-24-46-38(28-40)14-8-26-55-46)58-54(57-52)59-47-30-36-13-4-3-12-35(36)29-45(47)43-17-7-16-42(51(43)59)37-20-23-44-49(31-37)60-48-25-22-33-10-5-6-15-41(33)50(44)48;1-3-2/h1-31H;3H2,1-2H3. The topological polar surface area (TPSA) is 56.5 Å². The zero-order chi connectivity index (χ0) is 42.0. The van der Waals surface area contributed by atoms with Crippen molar-refractivity contribution in [3.63, 3.8) is 0 Å². The second-order valence-electron chi connectivity index (χ2n) is 16.2. The molecule has 63 heavy (non-hydrogen) atoms. The monoisotopic (exact) mass is 825 g/mol. The van der Waals surface area contributed by atoms with E-state index >= 15 is 0 Å². The number of rotatable bonds is 4. The van der Waals surface area contributed by atoms with E-state index in [9.17, 15) is 0 Å². The second-order valence-corrected chi connectivity index (χ2v) is 17.3. The molecule has 0 saturated heterocycles. The molecule has 0 aliphatic rings. The summed E-state index contributed by atoms with van der Waals surface area (Å²) in [5.74, 6) is 1.77. The fourth-order valence-corrected chi connectivity index (χ4v) is 10.3. The van der Waals surface area contributed by atoms with Crippen LogP contribution in [0.1, 0.15) is 20.3 Å². The lowest BCUT2D eigenvalue weighted by atomic mass is 9.99. The molecule has 13 aromatic rings. The van der Waals surface area contributed by atoms with E-state index < -0.39 is 0 Å². The third-order valence-corrected chi connectivity index (χ3v) is 13.1. The van der Waals surface area contributed by atoms with Gasteiger partial charge in [-0.1, -0.05) is 148 Å². The van der Waals surface area contributed by atoms with Gasteiger partial charge in [0.05, 0.1) is 16.6 Å². The van der Waals surface area contributed by atoms with Crippen molar-refractivity contribution in [3.8, 4) is 39.9 Å². The fourth-order valence-electron chi connectivity index (χ4n) is 9.17. The third-order valence-electron chi connectivity index (χ3n) is 12.0. The lowest BCUT2D eigenvalue weighted by Crippen LogP contribution is -2.07. The van der Waals surface area contributed by atoms with Crippen molar-refractivity contribution in [2.45, 2.75) is 20.3 Å². The number of pyridine rings is 1. The van der Waals surface area contributed by atoms with Crippen molar-refractivity contribution < 1.29 is 0 Å². The molecule has 0 spiro atoms. The van der Waals surface area contributed by atoms with Crippen LogP contribution in [-0.4, -0.2) is 24.5 Å². The Balaban J connectivity index is 0.00000137. The predicted octanol–water partition coefficient (Wildman–Crippen LogP) is 15.8. The normalized spacial score (nSPS) is 11.7. The van der Waals surface area contributed by atoms with E-state index in [-0.39, 0.29) is 0 Å². The summed E-state index contributed by atoms with van der Waals surface area (Å²) < 4.78 is 4.83. The molecule has 9 aromatic carbocycles. The Labute approximate surface area is 367 Å². The third kappa shape index (κ3) is 6.21. The highest BCUT2D eigenvalue weighted by Gasteiger charge is 2.22. The van der Waals surface area contributed by atoms with Crippen LogP contribution in [0.15, 0.2) is 188 Å². The van der Waals surface area contributed by atoms with Gasteiger partial charge in [-0.15, -0.1) is 11.3 Å². The van der Waals surface area contributed by atoms with Crippen molar-refractivity contribution >= 4 is 96.5 Å². The first-order valence-electron chi connectivity index (χ1n) is 21.5.